The second-order valence-electron chi connectivity index (χ2n) is 22.0. The fourth-order valence-electron chi connectivity index (χ4n) is 9.51. The Labute approximate surface area is 667 Å². The third-order valence-corrected chi connectivity index (χ3v) is 15.4. The third-order valence-electron chi connectivity index (χ3n) is 14.9. The third kappa shape index (κ3) is 22.3. The van der Waals surface area contributed by atoms with Crippen LogP contribution in [0.4, 0.5) is 13.2 Å². The number of halogens is 3. The quantitative estimate of drug-likeness (QED) is 0.0770. The number of hydrogen-bond donors (Lipinski definition) is 3. The zero-order chi connectivity index (χ0) is 93.9. The molecule has 0 saturated carbocycles. The molecule has 14 rings (SSSR count). The minimum atomic E-state index is -5.84. The number of furan rings is 2. The first-order valence-electron chi connectivity index (χ1n) is 42.1. The van der Waals surface area contributed by atoms with Crippen molar-refractivity contribution in [1.82, 2.24) is 34.9 Å². The molecule has 546 valence electrons. The van der Waals surface area contributed by atoms with Crippen LogP contribution >= 0.6 is 0 Å². The Hall–Kier alpha value is -9.33. The van der Waals surface area contributed by atoms with Gasteiger partial charge in [0.1, 0.15) is 5.58 Å². The number of para-hydroxylation sites is 1. The number of hydrogen-bond acceptors (Lipinski definition) is 13. The molecule has 3 N–H and O–H groups in total. The van der Waals surface area contributed by atoms with E-state index < -0.39 is 75.4 Å². The van der Waals surface area contributed by atoms with E-state index in [4.69, 9.17) is 63.5 Å². The minimum Gasteiger partial charge on any atom is -0.486 e. The zero-order valence-electron chi connectivity index (χ0n) is 80.2. The predicted molar refractivity (Wildman–Crippen MR) is 403 cm³/mol. The normalized spacial score (nSPS) is 15.9. The second-order valence-corrected chi connectivity index (χ2v) is 23.4. The number of pyridine rings is 7. The van der Waals surface area contributed by atoms with E-state index in [1.165, 1.54) is 54.8 Å². The molecule has 20 heteroatoms. The van der Waals surface area contributed by atoms with Crippen molar-refractivity contribution in [3.05, 3.63) is 280 Å². The SMILES string of the molecule is CO.CO.Cc1cnc(-c2[c-]cccc2)cc1C.O=S(=O)(O)C(F)(F)F.[2H]C([2H])([2H])c1ccc2c(n1)oc1c(-c3cc(C([2H])(C)C([2H])([2H])[2H])c(C([2H])([2H])[2H])cn3)cccc12.[2H]C([2H])([2H])c1ccc2c(n1)oc1c(-c3cc(C([2H])(C)C([2H])([2H])[2H])c(C)cn3)[c-]ccc12.[2H]C([2H])([2H])c1cnc(-c2[c-]cccc2)cc1C.[2H]C([2H])([2H])c1cnc(-c2[c-]cccc2)cc1C.[Ir].[Ir]. The van der Waals surface area contributed by atoms with Crippen molar-refractivity contribution in [3.8, 4) is 56.3 Å². The molecule has 14 nitrogen and oxygen atoms in total. The van der Waals surface area contributed by atoms with Gasteiger partial charge in [-0.05, 0) is 179 Å². The van der Waals surface area contributed by atoms with Gasteiger partial charge in [-0.2, -0.15) is 21.6 Å². The molecule has 2 unspecified atom stereocenters. The monoisotopic (exact) mass is 1800 g/mol. The van der Waals surface area contributed by atoms with Crippen LogP contribution in [0.2, 0.25) is 0 Å². The Morgan fingerprint density at radius 2 is 0.846 bits per heavy atom. The van der Waals surface area contributed by atoms with Gasteiger partial charge in [0.25, 0.3) is 0 Å². The number of aromatic nitrogens is 7. The van der Waals surface area contributed by atoms with Crippen LogP contribution in [0.15, 0.2) is 198 Å². The van der Waals surface area contributed by atoms with E-state index in [2.05, 4.69) is 79.1 Å². The molecule has 0 aliphatic carbocycles. The van der Waals surface area contributed by atoms with Gasteiger partial charge < -0.3 is 39.0 Å². The maximum atomic E-state index is 10.7. The topological polar surface area (TPSA) is 211 Å². The van der Waals surface area contributed by atoms with Crippen molar-refractivity contribution >= 4 is 54.3 Å². The molecule has 2 radical (unpaired) electrons. The van der Waals surface area contributed by atoms with Gasteiger partial charge in [-0.15, -0.1) is 126 Å². The number of rotatable bonds is 7. The molecular formula is C84H84F3Ir2N7O7S-4. The Morgan fingerprint density at radius 3 is 1.27 bits per heavy atom. The predicted octanol–water partition coefficient (Wildman–Crippen LogP) is 20.5. The van der Waals surface area contributed by atoms with Crippen LogP contribution in [-0.2, 0) is 50.3 Å². The van der Waals surface area contributed by atoms with Gasteiger partial charge in [-0.3, -0.25) is 9.54 Å². The van der Waals surface area contributed by atoms with Crippen molar-refractivity contribution in [2.24, 2.45) is 0 Å². The first-order chi connectivity index (χ1) is 57.8. The van der Waals surface area contributed by atoms with Gasteiger partial charge in [0.15, 0.2) is 0 Å². The number of aliphatic hydroxyl groups is 2. The smallest absolute Gasteiger partial charge is 0.486 e. The number of nitrogens with zero attached hydrogens (tertiary/aromatic N) is 7. The minimum absolute atomic E-state index is 0. The van der Waals surface area contributed by atoms with Gasteiger partial charge in [0, 0.05) is 150 Å². The summed E-state index contributed by atoms with van der Waals surface area (Å²) in [6, 6.07) is 58.5. The van der Waals surface area contributed by atoms with Gasteiger partial charge in [0.2, 0.25) is 11.4 Å². The van der Waals surface area contributed by atoms with Crippen LogP contribution in [0.5, 0.6) is 0 Å². The number of alkyl halides is 3. The van der Waals surface area contributed by atoms with Crippen LogP contribution in [-0.4, -0.2) is 77.8 Å². The van der Waals surface area contributed by atoms with E-state index in [1.54, 1.807) is 81.4 Å². The summed E-state index contributed by atoms with van der Waals surface area (Å²) in [7, 11) is -3.84. The first-order valence-corrected chi connectivity index (χ1v) is 32.0. The van der Waals surface area contributed by atoms with E-state index in [-0.39, 0.29) is 79.8 Å². The number of benzene rings is 5. The van der Waals surface area contributed by atoms with E-state index in [1.807, 2.05) is 79.0 Å². The molecule has 0 amide bonds. The van der Waals surface area contributed by atoms with Crippen molar-refractivity contribution < 1.29 is 117 Å². The summed E-state index contributed by atoms with van der Waals surface area (Å²) in [5, 5.41) is 16.6. The van der Waals surface area contributed by atoms with E-state index in [0.717, 1.165) is 72.2 Å². The largest absolute Gasteiger partial charge is 0.522 e. The first kappa shape index (κ1) is 56.1. The molecule has 2 atom stereocenters. The fourth-order valence-corrected chi connectivity index (χ4v) is 9.51. The standard InChI is InChI=1S/C21H20N2O.C21H19N2O.3C13H12N.CHF3O3S.2CH4O.2Ir/c2*1-12(2)18-10-19(22-11-13(18)3)17-7-5-6-15-16-9-8-14(4)23-21(16)24-20(15)17;3*1-10-8-13(14-9-11(10)2)12-6-4-3-5-7-12;2-1(3,4)8(5,6)7;2*1-2;;/h5-12H,1-4H3;5-6,8-12H,1-4H3;3*3-6,8-9H,1-2H3;(H,5,6,7);2*2H,1H3;;/q;4*-1;;;;;/i1D3,3D3,4D3,12D;1D3,4D3,12D;2*2D3;;;;;;. The Balaban J connectivity index is 0.000000281. The van der Waals surface area contributed by atoms with Gasteiger partial charge in [0.05, 0.1) is 11.3 Å². The Morgan fingerprint density at radius 1 is 0.442 bits per heavy atom. The maximum Gasteiger partial charge on any atom is 0.522 e. The molecule has 14 aromatic rings. The summed E-state index contributed by atoms with van der Waals surface area (Å²) in [5.41, 5.74) is 7.11. The van der Waals surface area contributed by atoms with Crippen molar-refractivity contribution in [2.75, 3.05) is 14.2 Å². The van der Waals surface area contributed by atoms with E-state index >= 15 is 0 Å². The molecule has 0 bridgehead atoms. The number of fused-ring (bicyclic) bond motifs is 6. The summed E-state index contributed by atoms with van der Waals surface area (Å²) < 4.78 is 246. The van der Waals surface area contributed by atoms with Crippen LogP contribution in [0, 0.1) is 93.1 Å². The summed E-state index contributed by atoms with van der Waals surface area (Å²) in [5.74, 6) is -4.04. The molecule has 0 spiro atoms. The number of aliphatic hydroxyl groups excluding tert-OH is 2. The molecule has 0 aliphatic heterocycles. The molecule has 0 fully saturated rings. The average molecular weight is 1800 g/mol. The molecule has 0 saturated heterocycles. The molecule has 5 aromatic carbocycles. The molecule has 9 aromatic heterocycles. The van der Waals surface area contributed by atoms with Crippen molar-refractivity contribution in [3.63, 3.8) is 0 Å². The summed E-state index contributed by atoms with van der Waals surface area (Å²) in [6.45, 7) is -5.00. The zero-order valence-corrected chi connectivity index (χ0v) is 62.8. The average Bonchev–Trinajstić information content (AvgIpc) is 1.73. The van der Waals surface area contributed by atoms with Crippen molar-refractivity contribution in [2.45, 2.75) is 114 Å². The molecule has 0 aliphatic rings. The Kier molecular flexibility index (Phi) is 21.3. The van der Waals surface area contributed by atoms with Crippen LogP contribution in [0.3, 0.4) is 0 Å². The van der Waals surface area contributed by atoms with Crippen molar-refractivity contribution in [1.29, 1.82) is 0 Å². The molecule has 104 heavy (non-hydrogen) atoms. The Bertz CT molecular complexity index is 6080. The van der Waals surface area contributed by atoms with Gasteiger partial charge in [-0.1, -0.05) is 91.6 Å². The van der Waals surface area contributed by atoms with Crippen LogP contribution in [0.1, 0.15) is 138 Å². The fraction of sp³-hybridized carbons (Fsp3) is 0.226. The summed E-state index contributed by atoms with van der Waals surface area (Å²) >= 11 is 0. The van der Waals surface area contributed by atoms with Gasteiger partial charge in [-0.25, -0.2) is 9.97 Å². The van der Waals surface area contributed by atoms with Crippen LogP contribution in [0.25, 0.3) is 100 Å². The maximum absolute atomic E-state index is 10.7. The molecule has 9 heterocycles. The van der Waals surface area contributed by atoms with Crippen LogP contribution < -0.4 is 0 Å². The number of aryl methyl sites for hydroxylation is 10. The van der Waals surface area contributed by atoms with E-state index in [9.17, 15) is 13.2 Å². The summed E-state index contributed by atoms with van der Waals surface area (Å²) in [6.07, 6.45) is 7.37. The van der Waals surface area contributed by atoms with E-state index in [0.29, 0.717) is 71.8 Å². The second kappa shape index (κ2) is 39.5. The van der Waals surface area contributed by atoms with Gasteiger partial charge >= 0.3 is 15.6 Å². The molecular weight excluding hydrogens is 1690 g/mol. The summed E-state index contributed by atoms with van der Waals surface area (Å²) in [4.78, 5) is 29.7.